The first-order valence-electron chi connectivity index (χ1n) is 9.45. The monoisotopic (exact) mass is 382 g/mol. The number of aromatic nitrogens is 4. The highest BCUT2D eigenvalue weighted by molar-refractivity contribution is 7.15. The number of piperidine rings is 1. The van der Waals surface area contributed by atoms with E-state index in [1.165, 1.54) is 34.7 Å². The normalized spacial score (nSPS) is 18.0. The van der Waals surface area contributed by atoms with E-state index in [4.69, 9.17) is 4.98 Å². The van der Waals surface area contributed by atoms with Gasteiger partial charge < -0.3 is 5.32 Å². The van der Waals surface area contributed by atoms with Gasteiger partial charge in [0.1, 0.15) is 5.82 Å². The van der Waals surface area contributed by atoms with E-state index in [1.54, 1.807) is 11.3 Å². The second-order valence-corrected chi connectivity index (χ2v) is 8.54. The van der Waals surface area contributed by atoms with Crippen LogP contribution >= 0.6 is 11.3 Å². The lowest BCUT2D eigenvalue weighted by Crippen LogP contribution is -2.34. The molecule has 0 spiro atoms. The number of nitrogens with zero attached hydrogens (tertiary/aromatic N) is 5. The molecule has 142 valence electrons. The Hall–Kier alpha value is -2.25. The van der Waals surface area contributed by atoms with E-state index in [1.807, 2.05) is 30.2 Å². The minimum atomic E-state index is 0.468. The summed E-state index contributed by atoms with van der Waals surface area (Å²) in [5, 5.41) is 8.61. The summed E-state index contributed by atoms with van der Waals surface area (Å²) < 4.78 is 1.95. The maximum Gasteiger partial charge on any atom is 0.188 e. The van der Waals surface area contributed by atoms with Gasteiger partial charge in [-0.15, -0.1) is 11.3 Å². The molecule has 1 aliphatic heterocycles. The molecule has 1 N–H and O–H groups in total. The largest absolute Gasteiger partial charge is 0.316 e. The van der Waals surface area contributed by atoms with Crippen molar-refractivity contribution in [2.45, 2.75) is 39.2 Å². The van der Waals surface area contributed by atoms with Crippen molar-refractivity contribution in [3.8, 4) is 0 Å². The van der Waals surface area contributed by atoms with E-state index < -0.39 is 0 Å². The minimum absolute atomic E-state index is 0.468. The molecule has 7 heteroatoms. The zero-order chi connectivity index (χ0) is 18.8. The topological polar surface area (TPSA) is 58.9 Å². The molecule has 1 saturated heterocycles. The SMILES string of the molecule is Cc1cnc(Nc2cccc(C3CCCN(Cc4cnn(C)c4C)C3)n2)s1. The van der Waals surface area contributed by atoms with E-state index in [0.29, 0.717) is 5.92 Å². The Kier molecular flexibility index (Phi) is 5.22. The molecule has 1 unspecified atom stereocenters. The standard InChI is InChI=1S/C20H26N6S/c1-14-10-21-20(27-14)24-19-8-4-7-18(23-19)16-6-5-9-26(12-16)13-17-11-22-25(3)15(17)2/h4,7-8,10-11,16H,5-6,9,12-13H2,1-3H3,(H,21,23,24). The van der Waals surface area contributed by atoms with Crippen LogP contribution in [0.4, 0.5) is 10.9 Å². The molecule has 0 radical (unpaired) electrons. The highest BCUT2D eigenvalue weighted by Gasteiger charge is 2.23. The van der Waals surface area contributed by atoms with Crippen molar-refractivity contribution in [2.24, 2.45) is 7.05 Å². The quantitative estimate of drug-likeness (QED) is 0.722. The summed E-state index contributed by atoms with van der Waals surface area (Å²) in [6.07, 6.45) is 6.28. The van der Waals surface area contributed by atoms with Crippen molar-refractivity contribution in [3.05, 3.63) is 52.4 Å². The van der Waals surface area contributed by atoms with Crippen LogP contribution in [0.25, 0.3) is 0 Å². The van der Waals surface area contributed by atoms with Gasteiger partial charge in [-0.3, -0.25) is 9.58 Å². The number of aryl methyl sites for hydroxylation is 2. The molecule has 0 bridgehead atoms. The minimum Gasteiger partial charge on any atom is -0.316 e. The first-order valence-corrected chi connectivity index (χ1v) is 10.3. The molecule has 3 aromatic rings. The zero-order valence-corrected chi connectivity index (χ0v) is 17.0. The number of hydrogen-bond donors (Lipinski definition) is 1. The highest BCUT2D eigenvalue weighted by atomic mass is 32.1. The molecule has 1 fully saturated rings. The molecule has 1 atom stereocenters. The summed E-state index contributed by atoms with van der Waals surface area (Å²) in [5.41, 5.74) is 3.74. The molecule has 4 rings (SSSR count). The van der Waals surface area contributed by atoms with Gasteiger partial charge in [-0.1, -0.05) is 6.07 Å². The van der Waals surface area contributed by atoms with E-state index >= 15 is 0 Å². The Morgan fingerprint density at radius 3 is 2.89 bits per heavy atom. The van der Waals surface area contributed by atoms with Crippen molar-refractivity contribution in [1.82, 2.24) is 24.6 Å². The molecule has 4 heterocycles. The first kappa shape index (κ1) is 18.1. The molecule has 0 amide bonds. The van der Waals surface area contributed by atoms with Gasteiger partial charge in [0.05, 0.1) is 6.20 Å². The van der Waals surface area contributed by atoms with E-state index in [-0.39, 0.29) is 0 Å². The fraction of sp³-hybridized carbons (Fsp3) is 0.450. The van der Waals surface area contributed by atoms with Crippen LogP contribution in [0, 0.1) is 13.8 Å². The maximum absolute atomic E-state index is 4.88. The summed E-state index contributed by atoms with van der Waals surface area (Å²) in [6.45, 7) is 7.35. The van der Waals surface area contributed by atoms with Gasteiger partial charge in [-0.25, -0.2) is 9.97 Å². The van der Waals surface area contributed by atoms with E-state index in [9.17, 15) is 0 Å². The lowest BCUT2D eigenvalue weighted by atomic mass is 9.94. The molecule has 6 nitrogen and oxygen atoms in total. The molecular weight excluding hydrogens is 356 g/mol. The average Bonchev–Trinajstić information content (AvgIpc) is 3.22. The lowest BCUT2D eigenvalue weighted by Gasteiger charge is -2.32. The van der Waals surface area contributed by atoms with Crippen molar-refractivity contribution in [2.75, 3.05) is 18.4 Å². The van der Waals surface area contributed by atoms with Gasteiger partial charge in [0.2, 0.25) is 0 Å². The summed E-state index contributed by atoms with van der Waals surface area (Å²) in [5.74, 6) is 1.34. The molecule has 0 saturated carbocycles. The third-order valence-electron chi connectivity index (χ3n) is 5.28. The number of hydrogen-bond acceptors (Lipinski definition) is 6. The Labute approximate surface area is 164 Å². The van der Waals surface area contributed by atoms with Crippen LogP contribution < -0.4 is 5.32 Å². The maximum atomic E-state index is 4.88. The van der Waals surface area contributed by atoms with Crippen molar-refractivity contribution in [1.29, 1.82) is 0 Å². The van der Waals surface area contributed by atoms with Gasteiger partial charge in [0.15, 0.2) is 5.13 Å². The van der Waals surface area contributed by atoms with Crippen LogP contribution in [0.3, 0.4) is 0 Å². The number of thiazole rings is 1. The molecule has 0 aliphatic carbocycles. The average molecular weight is 383 g/mol. The zero-order valence-electron chi connectivity index (χ0n) is 16.1. The van der Waals surface area contributed by atoms with E-state index in [0.717, 1.165) is 30.6 Å². The number of anilines is 2. The summed E-state index contributed by atoms with van der Waals surface area (Å²) in [7, 11) is 2.00. The fourth-order valence-electron chi connectivity index (χ4n) is 3.65. The first-order chi connectivity index (χ1) is 13.1. The number of rotatable bonds is 5. The van der Waals surface area contributed by atoms with Gasteiger partial charge in [-0.05, 0) is 45.4 Å². The predicted octanol–water partition coefficient (Wildman–Crippen LogP) is 4.01. The second-order valence-electron chi connectivity index (χ2n) is 7.30. The Morgan fingerprint density at radius 1 is 1.26 bits per heavy atom. The number of pyridine rings is 1. The van der Waals surface area contributed by atoms with Crippen LogP contribution in [0.15, 0.2) is 30.6 Å². The van der Waals surface area contributed by atoms with Crippen LogP contribution in [0.5, 0.6) is 0 Å². The number of nitrogens with one attached hydrogen (secondary N) is 1. The Morgan fingerprint density at radius 2 is 2.15 bits per heavy atom. The lowest BCUT2D eigenvalue weighted by molar-refractivity contribution is 0.198. The van der Waals surface area contributed by atoms with Gasteiger partial charge in [0.25, 0.3) is 0 Å². The van der Waals surface area contributed by atoms with Gasteiger partial charge in [-0.2, -0.15) is 5.10 Å². The summed E-state index contributed by atoms with van der Waals surface area (Å²) >= 11 is 1.65. The molecule has 1 aliphatic rings. The van der Waals surface area contributed by atoms with Crippen LogP contribution in [0.1, 0.15) is 40.6 Å². The third kappa shape index (κ3) is 4.20. The Balaban J connectivity index is 1.44. The molecule has 3 aromatic heterocycles. The molecular formula is C20H26N6S. The second kappa shape index (κ2) is 7.78. The molecule has 27 heavy (non-hydrogen) atoms. The van der Waals surface area contributed by atoms with Crippen LogP contribution in [-0.4, -0.2) is 37.7 Å². The molecule has 0 aromatic carbocycles. The van der Waals surface area contributed by atoms with Crippen LogP contribution in [0.2, 0.25) is 0 Å². The van der Waals surface area contributed by atoms with Crippen molar-refractivity contribution >= 4 is 22.3 Å². The fourth-order valence-corrected chi connectivity index (χ4v) is 4.32. The smallest absolute Gasteiger partial charge is 0.188 e. The highest BCUT2D eigenvalue weighted by Crippen LogP contribution is 2.28. The third-order valence-corrected chi connectivity index (χ3v) is 6.11. The van der Waals surface area contributed by atoms with Crippen LogP contribution in [-0.2, 0) is 13.6 Å². The summed E-state index contributed by atoms with van der Waals surface area (Å²) in [4.78, 5) is 13.0. The van der Waals surface area contributed by atoms with Gasteiger partial charge >= 0.3 is 0 Å². The van der Waals surface area contributed by atoms with E-state index in [2.05, 4.69) is 46.3 Å². The number of likely N-dealkylation sites (tertiary alicyclic amines) is 1. The summed E-state index contributed by atoms with van der Waals surface area (Å²) in [6, 6.07) is 6.26. The van der Waals surface area contributed by atoms with Crippen molar-refractivity contribution < 1.29 is 0 Å². The predicted molar refractivity (Wildman–Crippen MR) is 110 cm³/mol. The van der Waals surface area contributed by atoms with Crippen molar-refractivity contribution in [3.63, 3.8) is 0 Å². The van der Waals surface area contributed by atoms with Gasteiger partial charge in [0, 0.05) is 54.1 Å². The Bertz CT molecular complexity index is 915.